The fourth-order valence-corrected chi connectivity index (χ4v) is 2.94. The average molecular weight is 313 g/mol. The molecule has 21 heavy (non-hydrogen) atoms. The first-order valence-corrected chi connectivity index (χ1v) is 7.99. The van der Waals surface area contributed by atoms with E-state index in [9.17, 15) is 14.7 Å². The summed E-state index contributed by atoms with van der Waals surface area (Å²) in [5.74, 6) is -0.644. The predicted molar refractivity (Wildman–Crippen MR) is 83.9 cm³/mol. The number of carbonyl (C=O) groups is 1. The molecule has 3 N–H and O–H groups in total. The zero-order valence-corrected chi connectivity index (χ0v) is 13.7. The molecule has 0 aliphatic rings. The molecule has 1 unspecified atom stereocenters. The van der Waals surface area contributed by atoms with Crippen molar-refractivity contribution in [3.8, 4) is 0 Å². The minimum Gasteiger partial charge on any atom is -0.480 e. The first-order chi connectivity index (χ1) is 9.76. The molecule has 118 valence electrons. The van der Waals surface area contributed by atoms with E-state index >= 15 is 0 Å². The Morgan fingerprint density at radius 3 is 2.76 bits per heavy atom. The van der Waals surface area contributed by atoms with Crippen LogP contribution in [-0.4, -0.2) is 38.4 Å². The van der Waals surface area contributed by atoms with Gasteiger partial charge in [0.1, 0.15) is 5.54 Å². The van der Waals surface area contributed by atoms with Crippen LogP contribution in [0.4, 0.5) is 0 Å². The maximum Gasteiger partial charge on any atom is 0.324 e. The van der Waals surface area contributed by atoms with E-state index in [2.05, 4.69) is 15.3 Å². The van der Waals surface area contributed by atoms with E-state index in [0.717, 1.165) is 18.5 Å². The van der Waals surface area contributed by atoms with Crippen molar-refractivity contribution >= 4 is 17.7 Å². The molecule has 6 nitrogen and oxygen atoms in total. The number of nitrogens with zero attached hydrogens (tertiary/aromatic N) is 1. The van der Waals surface area contributed by atoms with Gasteiger partial charge >= 0.3 is 5.97 Å². The normalized spacial score (nSPS) is 14.1. The maximum absolute atomic E-state index is 11.6. The largest absolute Gasteiger partial charge is 0.480 e. The molecule has 1 aromatic rings. The van der Waals surface area contributed by atoms with Crippen molar-refractivity contribution in [2.75, 3.05) is 5.75 Å². The van der Waals surface area contributed by atoms with E-state index < -0.39 is 11.5 Å². The van der Waals surface area contributed by atoms with Crippen LogP contribution in [0.1, 0.15) is 39.8 Å². The van der Waals surface area contributed by atoms with Gasteiger partial charge in [0.15, 0.2) is 5.16 Å². The smallest absolute Gasteiger partial charge is 0.324 e. The first-order valence-electron chi connectivity index (χ1n) is 7.01. The van der Waals surface area contributed by atoms with Crippen molar-refractivity contribution < 1.29 is 9.90 Å². The molecule has 0 aliphatic heterocycles. The third-order valence-corrected chi connectivity index (χ3v) is 4.04. The van der Waals surface area contributed by atoms with Crippen molar-refractivity contribution in [2.24, 2.45) is 0 Å². The van der Waals surface area contributed by atoms with E-state index in [0.29, 0.717) is 5.16 Å². The van der Waals surface area contributed by atoms with Gasteiger partial charge in [0.25, 0.3) is 5.56 Å². The zero-order chi connectivity index (χ0) is 16.0. The van der Waals surface area contributed by atoms with E-state index in [1.165, 1.54) is 17.8 Å². The lowest BCUT2D eigenvalue weighted by molar-refractivity contribution is -0.143. The van der Waals surface area contributed by atoms with Gasteiger partial charge in [0.2, 0.25) is 0 Å². The molecule has 0 saturated heterocycles. The van der Waals surface area contributed by atoms with Gasteiger partial charge in [-0.2, -0.15) is 0 Å². The van der Waals surface area contributed by atoms with Gasteiger partial charge in [0, 0.05) is 23.6 Å². The molecule has 0 aliphatic carbocycles. The second-order valence-electron chi connectivity index (χ2n) is 5.52. The third-order valence-electron chi connectivity index (χ3n) is 2.86. The predicted octanol–water partition coefficient (Wildman–Crippen LogP) is 1.66. The number of H-pyrrole nitrogens is 1. The SMILES string of the molecule is CCCc1cc(=O)[nH]c(SCC(C)(NC(C)C)C(=O)O)n1. The lowest BCUT2D eigenvalue weighted by atomic mass is 10.1. The standard InChI is InChI=1S/C14H23N3O3S/c1-5-6-10-7-11(18)16-13(15-10)21-8-14(4,12(19)20)17-9(2)3/h7,9,17H,5-6,8H2,1-4H3,(H,19,20)(H,15,16,18). The van der Waals surface area contributed by atoms with E-state index in [-0.39, 0.29) is 17.4 Å². The Bertz CT molecular complexity index is 545. The molecule has 0 aromatic carbocycles. The summed E-state index contributed by atoms with van der Waals surface area (Å²) in [6, 6.07) is 1.53. The minimum absolute atomic E-state index is 0.0464. The number of aryl methyl sites for hydroxylation is 1. The van der Waals surface area contributed by atoms with Crippen LogP contribution in [0.15, 0.2) is 16.0 Å². The van der Waals surface area contributed by atoms with Crippen LogP contribution in [0.3, 0.4) is 0 Å². The van der Waals surface area contributed by atoms with E-state index in [4.69, 9.17) is 0 Å². The van der Waals surface area contributed by atoms with Gasteiger partial charge in [-0.3, -0.25) is 14.9 Å². The van der Waals surface area contributed by atoms with Crippen LogP contribution in [0, 0.1) is 0 Å². The summed E-state index contributed by atoms with van der Waals surface area (Å²) < 4.78 is 0. The number of aromatic nitrogens is 2. The molecule has 0 fully saturated rings. The van der Waals surface area contributed by atoms with Gasteiger partial charge in [-0.15, -0.1) is 0 Å². The Morgan fingerprint density at radius 2 is 2.24 bits per heavy atom. The van der Waals surface area contributed by atoms with Crippen molar-refractivity contribution in [3.05, 3.63) is 22.1 Å². The fraction of sp³-hybridized carbons (Fsp3) is 0.643. The number of rotatable bonds is 8. The molecular weight excluding hydrogens is 290 g/mol. The Labute approximate surface area is 128 Å². The molecule has 1 aromatic heterocycles. The monoisotopic (exact) mass is 313 g/mol. The second-order valence-corrected chi connectivity index (χ2v) is 6.48. The molecule has 1 heterocycles. The fourth-order valence-electron chi connectivity index (χ4n) is 1.95. The van der Waals surface area contributed by atoms with Crippen LogP contribution in [-0.2, 0) is 11.2 Å². The van der Waals surface area contributed by atoms with Gasteiger partial charge in [-0.05, 0) is 27.2 Å². The number of carboxylic acids is 1. The van der Waals surface area contributed by atoms with Gasteiger partial charge in [-0.1, -0.05) is 25.1 Å². The van der Waals surface area contributed by atoms with Crippen molar-refractivity contribution in [1.29, 1.82) is 0 Å². The Hall–Kier alpha value is -1.34. The van der Waals surface area contributed by atoms with Crippen LogP contribution < -0.4 is 10.9 Å². The molecule has 0 saturated carbocycles. The number of nitrogens with one attached hydrogen (secondary N) is 2. The van der Waals surface area contributed by atoms with Gasteiger partial charge in [0.05, 0.1) is 0 Å². The Morgan fingerprint density at radius 1 is 1.57 bits per heavy atom. The summed E-state index contributed by atoms with van der Waals surface area (Å²) in [4.78, 5) is 30.0. The molecule has 7 heteroatoms. The summed E-state index contributed by atoms with van der Waals surface area (Å²) in [7, 11) is 0. The minimum atomic E-state index is -1.07. The third kappa shape index (κ3) is 5.51. The summed E-state index contributed by atoms with van der Waals surface area (Å²) >= 11 is 1.24. The van der Waals surface area contributed by atoms with Crippen LogP contribution in [0.5, 0.6) is 0 Å². The molecule has 0 amide bonds. The highest BCUT2D eigenvalue weighted by Gasteiger charge is 2.33. The summed E-state index contributed by atoms with van der Waals surface area (Å²) in [5.41, 5.74) is -0.541. The van der Waals surface area contributed by atoms with Gasteiger partial charge < -0.3 is 10.1 Å². The number of aromatic amines is 1. The summed E-state index contributed by atoms with van der Waals surface area (Å²) in [6.07, 6.45) is 1.64. The van der Waals surface area contributed by atoms with Gasteiger partial charge in [-0.25, -0.2) is 4.98 Å². The van der Waals surface area contributed by atoms with E-state index in [1.807, 2.05) is 20.8 Å². The summed E-state index contributed by atoms with van der Waals surface area (Å²) in [6.45, 7) is 7.45. The molecule has 0 spiro atoms. The average Bonchev–Trinajstić information content (AvgIpc) is 2.35. The van der Waals surface area contributed by atoms with Crippen LogP contribution >= 0.6 is 11.8 Å². The Kier molecular flexibility index (Phi) is 6.42. The first kappa shape index (κ1) is 17.7. The molecule has 1 atom stereocenters. The second kappa shape index (κ2) is 7.61. The van der Waals surface area contributed by atoms with Crippen molar-refractivity contribution in [1.82, 2.24) is 15.3 Å². The summed E-state index contributed by atoms with van der Waals surface area (Å²) in [5, 5.41) is 12.9. The molecule has 0 bridgehead atoms. The highest BCUT2D eigenvalue weighted by Crippen LogP contribution is 2.20. The topological polar surface area (TPSA) is 95.1 Å². The van der Waals surface area contributed by atoms with Crippen LogP contribution in [0.25, 0.3) is 0 Å². The lowest BCUT2D eigenvalue weighted by Gasteiger charge is -2.28. The van der Waals surface area contributed by atoms with E-state index in [1.54, 1.807) is 6.92 Å². The number of hydrogen-bond acceptors (Lipinski definition) is 5. The zero-order valence-electron chi connectivity index (χ0n) is 12.9. The molecule has 0 radical (unpaired) electrons. The number of aliphatic carboxylic acids is 1. The van der Waals surface area contributed by atoms with Crippen molar-refractivity contribution in [3.63, 3.8) is 0 Å². The number of thioether (sulfide) groups is 1. The maximum atomic E-state index is 11.6. The van der Waals surface area contributed by atoms with Crippen LogP contribution in [0.2, 0.25) is 0 Å². The lowest BCUT2D eigenvalue weighted by Crippen LogP contribution is -2.54. The van der Waals surface area contributed by atoms with Crippen molar-refractivity contribution in [2.45, 2.75) is 57.3 Å². The Balaban J connectivity index is 2.85. The highest BCUT2D eigenvalue weighted by molar-refractivity contribution is 7.99. The molecular formula is C14H23N3O3S. The number of hydrogen-bond donors (Lipinski definition) is 3. The quantitative estimate of drug-likeness (QED) is 0.499. The number of carboxylic acid groups (broad SMARTS) is 1. The molecule has 1 rings (SSSR count). The highest BCUT2D eigenvalue weighted by atomic mass is 32.2.